The van der Waals surface area contributed by atoms with E-state index in [1.165, 1.54) is 30.0 Å². The van der Waals surface area contributed by atoms with Gasteiger partial charge in [0, 0.05) is 17.1 Å². The van der Waals surface area contributed by atoms with Crippen molar-refractivity contribution in [3.8, 4) is 11.5 Å². The molecule has 1 aromatic heterocycles. The number of hydrogen-bond acceptors (Lipinski definition) is 6. The van der Waals surface area contributed by atoms with E-state index in [0.29, 0.717) is 39.2 Å². The molecule has 1 heterocycles. The van der Waals surface area contributed by atoms with E-state index in [1.54, 1.807) is 13.2 Å². The number of nitrogens with zero attached hydrogens (tertiary/aromatic N) is 3. The second-order valence-corrected chi connectivity index (χ2v) is 8.28. The Morgan fingerprint density at radius 3 is 2.74 bits per heavy atom. The predicted octanol–water partition coefficient (Wildman–Crippen LogP) is 5.08. The van der Waals surface area contributed by atoms with Crippen LogP contribution < -0.4 is 14.8 Å². The average molecular weight is 509 g/mol. The maximum Gasteiger partial charge on any atom is 0.234 e. The number of aromatic nitrogens is 3. The van der Waals surface area contributed by atoms with Gasteiger partial charge in [0.15, 0.2) is 17.1 Å². The van der Waals surface area contributed by atoms with E-state index < -0.39 is 0 Å². The highest BCUT2D eigenvalue weighted by atomic mass is 79.9. The van der Waals surface area contributed by atoms with Gasteiger partial charge in [0.1, 0.15) is 17.3 Å². The average Bonchev–Trinajstić information content (AvgIpc) is 3.17. The first-order valence-corrected chi connectivity index (χ1v) is 11.3. The lowest BCUT2D eigenvalue weighted by atomic mass is 10.3. The summed E-state index contributed by atoms with van der Waals surface area (Å²) in [6.45, 7) is 4.50. The topological polar surface area (TPSA) is 78.3 Å². The number of rotatable bonds is 9. The van der Waals surface area contributed by atoms with Crippen LogP contribution >= 0.6 is 27.7 Å². The number of halogens is 2. The van der Waals surface area contributed by atoms with Crippen molar-refractivity contribution in [2.24, 2.45) is 0 Å². The summed E-state index contributed by atoms with van der Waals surface area (Å²) in [5, 5.41) is 11.9. The Morgan fingerprint density at radius 2 is 2.03 bits per heavy atom. The summed E-state index contributed by atoms with van der Waals surface area (Å²) in [7, 11) is 1.60. The molecule has 0 saturated carbocycles. The van der Waals surface area contributed by atoms with Crippen molar-refractivity contribution >= 4 is 39.3 Å². The van der Waals surface area contributed by atoms with Crippen molar-refractivity contribution in [3.63, 3.8) is 0 Å². The molecule has 0 aliphatic rings. The smallest absolute Gasteiger partial charge is 0.234 e. The molecule has 0 saturated heterocycles. The Kier molecular flexibility index (Phi) is 7.91. The Balaban J connectivity index is 1.64. The lowest BCUT2D eigenvalue weighted by Gasteiger charge is -2.16. The molecular formula is C21H22BrFN4O3S. The molecule has 164 valence electrons. The van der Waals surface area contributed by atoms with Gasteiger partial charge in [0.05, 0.1) is 18.6 Å². The summed E-state index contributed by atoms with van der Waals surface area (Å²) in [5.41, 5.74) is 0.505. The van der Waals surface area contributed by atoms with E-state index in [0.717, 1.165) is 0 Å². The second kappa shape index (κ2) is 10.6. The molecular weight excluding hydrogens is 487 g/mol. The van der Waals surface area contributed by atoms with Crippen molar-refractivity contribution in [3.05, 3.63) is 58.6 Å². The molecule has 1 unspecified atom stereocenters. The third-order valence-electron chi connectivity index (χ3n) is 4.32. The van der Waals surface area contributed by atoms with Crippen LogP contribution in [0.5, 0.6) is 11.5 Å². The highest BCUT2D eigenvalue weighted by molar-refractivity contribution is 9.10. The lowest BCUT2D eigenvalue weighted by molar-refractivity contribution is -0.113. The van der Waals surface area contributed by atoms with Crippen LogP contribution in [-0.2, 0) is 11.3 Å². The van der Waals surface area contributed by atoms with Crippen LogP contribution in [0.15, 0.2) is 52.1 Å². The number of methoxy groups -OCH3 is 1. The SMILES string of the molecule is CCn1c(SCC(=O)Nc2ccc(F)cc2Br)nnc1C(C)Oc1cccc(OC)c1. The van der Waals surface area contributed by atoms with E-state index in [9.17, 15) is 9.18 Å². The van der Waals surface area contributed by atoms with Crippen LogP contribution in [0.25, 0.3) is 0 Å². The lowest BCUT2D eigenvalue weighted by Crippen LogP contribution is -2.15. The van der Waals surface area contributed by atoms with Crippen LogP contribution in [0.1, 0.15) is 25.8 Å². The zero-order chi connectivity index (χ0) is 22.4. The largest absolute Gasteiger partial charge is 0.497 e. The zero-order valence-corrected chi connectivity index (χ0v) is 19.7. The molecule has 3 rings (SSSR count). The number of anilines is 1. The number of nitrogens with one attached hydrogen (secondary N) is 1. The summed E-state index contributed by atoms with van der Waals surface area (Å²) in [4.78, 5) is 12.3. The van der Waals surface area contributed by atoms with Gasteiger partial charge in [-0.1, -0.05) is 17.8 Å². The Morgan fingerprint density at radius 1 is 1.26 bits per heavy atom. The number of thioether (sulfide) groups is 1. The van der Waals surface area contributed by atoms with Crippen molar-refractivity contribution < 1.29 is 18.7 Å². The molecule has 10 heteroatoms. The highest BCUT2D eigenvalue weighted by Gasteiger charge is 2.20. The van der Waals surface area contributed by atoms with Gasteiger partial charge in [-0.2, -0.15) is 0 Å². The molecule has 7 nitrogen and oxygen atoms in total. The van der Waals surface area contributed by atoms with Gasteiger partial charge in [-0.3, -0.25) is 4.79 Å². The molecule has 3 aromatic rings. The molecule has 0 fully saturated rings. The first-order valence-electron chi connectivity index (χ1n) is 9.52. The Labute approximate surface area is 192 Å². The van der Waals surface area contributed by atoms with Gasteiger partial charge in [-0.15, -0.1) is 10.2 Å². The molecule has 31 heavy (non-hydrogen) atoms. The van der Waals surface area contributed by atoms with Gasteiger partial charge < -0.3 is 19.4 Å². The van der Waals surface area contributed by atoms with Crippen molar-refractivity contribution in [2.75, 3.05) is 18.2 Å². The van der Waals surface area contributed by atoms with Crippen LogP contribution in [0, 0.1) is 5.82 Å². The summed E-state index contributed by atoms with van der Waals surface area (Å²) in [6.07, 6.45) is -0.349. The standard InChI is InChI=1S/C21H22BrFN4O3S/c1-4-27-20(13(2)30-16-7-5-6-15(11-16)29-3)25-26-21(27)31-12-19(28)24-18-9-8-14(23)10-17(18)22/h5-11,13H,4,12H2,1-3H3,(H,24,28). The van der Waals surface area contributed by atoms with E-state index in [4.69, 9.17) is 9.47 Å². The number of amides is 1. The number of benzene rings is 2. The summed E-state index contributed by atoms with van der Waals surface area (Å²) in [5.74, 6) is 1.55. The summed E-state index contributed by atoms with van der Waals surface area (Å²) >= 11 is 4.51. The van der Waals surface area contributed by atoms with Crippen LogP contribution in [0.3, 0.4) is 0 Å². The van der Waals surface area contributed by atoms with Gasteiger partial charge in [-0.05, 0) is 60.1 Å². The maximum atomic E-state index is 13.2. The quantitative estimate of drug-likeness (QED) is 0.406. The van der Waals surface area contributed by atoms with Crippen LogP contribution in [0.2, 0.25) is 0 Å². The minimum absolute atomic E-state index is 0.132. The van der Waals surface area contributed by atoms with Crippen LogP contribution in [-0.4, -0.2) is 33.5 Å². The molecule has 0 radical (unpaired) electrons. The third kappa shape index (κ3) is 5.98. The molecule has 1 N–H and O–H groups in total. The minimum Gasteiger partial charge on any atom is -0.497 e. The van der Waals surface area contributed by atoms with Gasteiger partial charge >= 0.3 is 0 Å². The minimum atomic E-state index is -0.381. The molecule has 0 spiro atoms. The fourth-order valence-electron chi connectivity index (χ4n) is 2.84. The van der Waals surface area contributed by atoms with E-state index in [-0.39, 0.29) is 23.6 Å². The fraction of sp³-hybridized carbons (Fsp3) is 0.286. The Hall–Kier alpha value is -2.59. The third-order valence-corrected chi connectivity index (χ3v) is 5.94. The normalized spacial score (nSPS) is 11.8. The number of hydrogen-bond donors (Lipinski definition) is 1. The monoisotopic (exact) mass is 508 g/mol. The first kappa shape index (κ1) is 23.1. The van der Waals surface area contributed by atoms with E-state index >= 15 is 0 Å². The summed E-state index contributed by atoms with van der Waals surface area (Å²) < 4.78 is 26.8. The van der Waals surface area contributed by atoms with Crippen molar-refractivity contribution in [2.45, 2.75) is 31.7 Å². The molecule has 0 aliphatic heterocycles. The Bertz CT molecular complexity index is 1060. The number of ether oxygens (including phenoxy) is 2. The van der Waals surface area contributed by atoms with E-state index in [2.05, 4.69) is 31.4 Å². The predicted molar refractivity (Wildman–Crippen MR) is 121 cm³/mol. The first-order chi connectivity index (χ1) is 14.9. The van der Waals surface area contributed by atoms with Crippen LogP contribution in [0.4, 0.5) is 10.1 Å². The molecule has 1 amide bonds. The number of carbonyl (C=O) groups excluding carboxylic acids is 1. The summed E-state index contributed by atoms with van der Waals surface area (Å²) in [6, 6.07) is 11.4. The molecule has 0 aliphatic carbocycles. The second-order valence-electron chi connectivity index (χ2n) is 6.49. The molecule has 1 atom stereocenters. The van der Waals surface area contributed by atoms with Gasteiger partial charge in [0.25, 0.3) is 0 Å². The molecule has 0 bridgehead atoms. The number of carbonyl (C=O) groups is 1. The van der Waals surface area contributed by atoms with E-state index in [1.807, 2.05) is 36.6 Å². The van der Waals surface area contributed by atoms with Crippen molar-refractivity contribution in [1.82, 2.24) is 14.8 Å². The van der Waals surface area contributed by atoms with Gasteiger partial charge in [-0.25, -0.2) is 4.39 Å². The van der Waals surface area contributed by atoms with Crippen molar-refractivity contribution in [1.29, 1.82) is 0 Å². The highest BCUT2D eigenvalue weighted by Crippen LogP contribution is 2.27. The fourth-order valence-corrected chi connectivity index (χ4v) is 4.10. The zero-order valence-electron chi connectivity index (χ0n) is 17.3. The maximum absolute atomic E-state index is 13.2. The molecule has 2 aromatic carbocycles. The van der Waals surface area contributed by atoms with Gasteiger partial charge in [0.2, 0.25) is 5.91 Å².